The van der Waals surface area contributed by atoms with Gasteiger partial charge in [-0.25, -0.2) is 0 Å². The molecule has 1 atom stereocenters. The average molecular weight is 207 g/mol. The van der Waals surface area contributed by atoms with Crippen molar-refractivity contribution >= 4 is 15.9 Å². The summed E-state index contributed by atoms with van der Waals surface area (Å²) in [5.74, 6) is 0. The van der Waals surface area contributed by atoms with E-state index in [-0.39, 0.29) is 0 Å². The van der Waals surface area contributed by atoms with E-state index in [0.29, 0.717) is 10.2 Å². The lowest BCUT2D eigenvalue weighted by atomic mass is 9.90. The highest BCUT2D eigenvalue weighted by Crippen LogP contribution is 2.22. The van der Waals surface area contributed by atoms with Gasteiger partial charge >= 0.3 is 0 Å². The van der Waals surface area contributed by atoms with Crippen molar-refractivity contribution in [3.8, 4) is 0 Å². The lowest BCUT2D eigenvalue weighted by molar-refractivity contribution is 0.361. The van der Waals surface area contributed by atoms with Gasteiger partial charge in [0.05, 0.1) is 0 Å². The maximum Gasteiger partial charge on any atom is 0.0117 e. The summed E-state index contributed by atoms with van der Waals surface area (Å²) in [5, 5.41) is 0. The Morgan fingerprint density at radius 1 is 1.30 bits per heavy atom. The maximum absolute atomic E-state index is 3.54. The standard InChI is InChI=1S/C9H19Br/c1-8(10)6-5-7-9(2,3)4/h8H,5-7H2,1-4H3/t8-/m0/s1. The zero-order chi connectivity index (χ0) is 8.20. The molecule has 0 saturated carbocycles. The summed E-state index contributed by atoms with van der Waals surface area (Å²) in [7, 11) is 0. The minimum atomic E-state index is 0.516. The first-order chi connectivity index (χ1) is 4.42. The molecule has 0 unspecified atom stereocenters. The fraction of sp³-hybridized carbons (Fsp3) is 1.00. The second kappa shape index (κ2) is 4.38. The van der Waals surface area contributed by atoms with Crippen LogP contribution in [0.15, 0.2) is 0 Å². The van der Waals surface area contributed by atoms with Gasteiger partial charge in [-0.3, -0.25) is 0 Å². The Morgan fingerprint density at radius 3 is 2.10 bits per heavy atom. The third-order valence-corrected chi connectivity index (χ3v) is 1.99. The molecule has 0 spiro atoms. The molecule has 62 valence electrons. The smallest absolute Gasteiger partial charge is 0.0117 e. The molecule has 0 saturated heterocycles. The zero-order valence-corrected chi connectivity index (χ0v) is 9.16. The number of rotatable bonds is 3. The molecule has 0 bridgehead atoms. The zero-order valence-electron chi connectivity index (χ0n) is 7.58. The number of hydrogen-bond donors (Lipinski definition) is 0. The molecule has 0 aliphatic rings. The summed E-state index contributed by atoms with van der Waals surface area (Å²) in [6.45, 7) is 9.10. The van der Waals surface area contributed by atoms with Gasteiger partial charge in [0.2, 0.25) is 0 Å². The maximum atomic E-state index is 3.54. The molecule has 0 N–H and O–H groups in total. The predicted molar refractivity (Wildman–Crippen MR) is 51.7 cm³/mol. The topological polar surface area (TPSA) is 0 Å². The van der Waals surface area contributed by atoms with E-state index in [1.54, 1.807) is 0 Å². The first-order valence-electron chi connectivity index (χ1n) is 4.06. The SMILES string of the molecule is C[C@H](Br)CCCC(C)(C)C. The highest BCUT2D eigenvalue weighted by atomic mass is 79.9. The summed E-state index contributed by atoms with van der Waals surface area (Å²) in [4.78, 5) is 0.690. The van der Waals surface area contributed by atoms with Crippen molar-refractivity contribution < 1.29 is 0 Å². The Kier molecular flexibility index (Phi) is 4.59. The van der Waals surface area contributed by atoms with E-state index in [0.717, 1.165) is 0 Å². The van der Waals surface area contributed by atoms with Crippen molar-refractivity contribution in [3.63, 3.8) is 0 Å². The molecule has 0 aromatic carbocycles. The summed E-state index contributed by atoms with van der Waals surface area (Å²) in [6.07, 6.45) is 3.98. The summed E-state index contributed by atoms with van der Waals surface area (Å²) in [6, 6.07) is 0. The van der Waals surface area contributed by atoms with Gasteiger partial charge in [0.25, 0.3) is 0 Å². The van der Waals surface area contributed by atoms with Crippen LogP contribution in [0.1, 0.15) is 47.0 Å². The van der Waals surface area contributed by atoms with E-state index in [1.807, 2.05) is 0 Å². The van der Waals surface area contributed by atoms with E-state index < -0.39 is 0 Å². The van der Waals surface area contributed by atoms with Gasteiger partial charge in [-0.15, -0.1) is 0 Å². The lowest BCUT2D eigenvalue weighted by Crippen LogP contribution is -2.05. The Labute approximate surface area is 73.5 Å². The highest BCUT2D eigenvalue weighted by molar-refractivity contribution is 9.09. The van der Waals surface area contributed by atoms with Crippen molar-refractivity contribution in [2.45, 2.75) is 51.8 Å². The van der Waals surface area contributed by atoms with Gasteiger partial charge in [0.1, 0.15) is 0 Å². The highest BCUT2D eigenvalue weighted by Gasteiger charge is 2.09. The molecular formula is C9H19Br. The number of alkyl halides is 1. The second-order valence-corrected chi connectivity index (χ2v) is 5.80. The Hall–Kier alpha value is 0.480. The van der Waals surface area contributed by atoms with Crippen molar-refractivity contribution in [1.29, 1.82) is 0 Å². The van der Waals surface area contributed by atoms with Crippen LogP contribution >= 0.6 is 15.9 Å². The molecule has 0 nitrogen and oxygen atoms in total. The van der Waals surface area contributed by atoms with Crippen molar-refractivity contribution in [2.24, 2.45) is 5.41 Å². The molecule has 0 aromatic heterocycles. The number of hydrogen-bond acceptors (Lipinski definition) is 0. The van der Waals surface area contributed by atoms with Gasteiger partial charge in [0, 0.05) is 4.83 Å². The van der Waals surface area contributed by atoms with Crippen LogP contribution in [0.5, 0.6) is 0 Å². The predicted octanol–water partition coefficient (Wildman–Crippen LogP) is 3.99. The van der Waals surface area contributed by atoms with Crippen LogP contribution in [-0.2, 0) is 0 Å². The Balaban J connectivity index is 3.21. The molecule has 10 heavy (non-hydrogen) atoms. The first-order valence-corrected chi connectivity index (χ1v) is 4.97. The molecular weight excluding hydrogens is 188 g/mol. The normalized spacial score (nSPS) is 15.3. The van der Waals surface area contributed by atoms with Crippen LogP contribution in [0.4, 0.5) is 0 Å². The van der Waals surface area contributed by atoms with E-state index >= 15 is 0 Å². The van der Waals surface area contributed by atoms with Gasteiger partial charge in [-0.1, -0.05) is 50.0 Å². The Bertz CT molecular complexity index is 79.2. The van der Waals surface area contributed by atoms with Crippen LogP contribution in [0.25, 0.3) is 0 Å². The molecule has 0 aliphatic carbocycles. The van der Waals surface area contributed by atoms with Gasteiger partial charge in [-0.2, -0.15) is 0 Å². The lowest BCUT2D eigenvalue weighted by Gasteiger charge is -2.17. The molecule has 0 aromatic rings. The van der Waals surface area contributed by atoms with E-state index in [9.17, 15) is 0 Å². The molecule has 0 aliphatic heterocycles. The molecule has 0 fully saturated rings. The molecule has 0 rings (SSSR count). The quantitative estimate of drug-likeness (QED) is 0.614. The van der Waals surface area contributed by atoms with E-state index in [1.165, 1.54) is 19.3 Å². The third-order valence-electron chi connectivity index (χ3n) is 1.53. The summed E-state index contributed by atoms with van der Waals surface area (Å²) < 4.78 is 0. The second-order valence-electron chi connectivity index (χ2n) is 4.23. The summed E-state index contributed by atoms with van der Waals surface area (Å²) >= 11 is 3.54. The van der Waals surface area contributed by atoms with E-state index in [2.05, 4.69) is 43.6 Å². The van der Waals surface area contributed by atoms with Crippen molar-refractivity contribution in [3.05, 3.63) is 0 Å². The molecule has 0 radical (unpaired) electrons. The van der Waals surface area contributed by atoms with Crippen molar-refractivity contribution in [1.82, 2.24) is 0 Å². The fourth-order valence-electron chi connectivity index (χ4n) is 0.914. The van der Waals surface area contributed by atoms with Crippen LogP contribution in [0.3, 0.4) is 0 Å². The van der Waals surface area contributed by atoms with Crippen LogP contribution in [-0.4, -0.2) is 4.83 Å². The third kappa shape index (κ3) is 8.48. The summed E-state index contributed by atoms with van der Waals surface area (Å²) in [5.41, 5.74) is 0.516. The number of halogens is 1. The largest absolute Gasteiger partial charge is 0.0894 e. The van der Waals surface area contributed by atoms with Crippen molar-refractivity contribution in [2.75, 3.05) is 0 Å². The van der Waals surface area contributed by atoms with Gasteiger partial charge in [-0.05, 0) is 18.3 Å². The van der Waals surface area contributed by atoms with Gasteiger partial charge < -0.3 is 0 Å². The Morgan fingerprint density at radius 2 is 1.80 bits per heavy atom. The average Bonchev–Trinajstić information content (AvgIpc) is 1.59. The molecule has 0 amide bonds. The van der Waals surface area contributed by atoms with Crippen LogP contribution in [0, 0.1) is 5.41 Å². The monoisotopic (exact) mass is 206 g/mol. The van der Waals surface area contributed by atoms with Crippen LogP contribution < -0.4 is 0 Å². The fourth-order valence-corrected chi connectivity index (χ4v) is 1.24. The molecule has 0 heterocycles. The van der Waals surface area contributed by atoms with E-state index in [4.69, 9.17) is 0 Å². The minimum Gasteiger partial charge on any atom is -0.0894 e. The van der Waals surface area contributed by atoms with Crippen LogP contribution in [0.2, 0.25) is 0 Å². The first kappa shape index (κ1) is 10.5. The molecule has 1 heteroatoms. The van der Waals surface area contributed by atoms with Gasteiger partial charge in [0.15, 0.2) is 0 Å². The minimum absolute atomic E-state index is 0.516.